The minimum atomic E-state index is 0.294. The normalized spacial score (nSPS) is 41.7. The summed E-state index contributed by atoms with van der Waals surface area (Å²) in [6.07, 6.45) is 4.08. The first-order valence-electron chi connectivity index (χ1n) is 5.80. The lowest BCUT2D eigenvalue weighted by Crippen LogP contribution is -2.66. The average Bonchev–Trinajstić information content (AvgIpc) is 2.38. The Morgan fingerprint density at radius 2 is 2.20 bits per heavy atom. The van der Waals surface area contributed by atoms with Gasteiger partial charge in [0.15, 0.2) is 0 Å². The van der Waals surface area contributed by atoms with Gasteiger partial charge in [0.05, 0.1) is 12.3 Å². The van der Waals surface area contributed by atoms with Crippen LogP contribution in [0.25, 0.3) is 0 Å². The zero-order chi connectivity index (χ0) is 10.8. The zero-order valence-corrected chi connectivity index (χ0v) is 9.80. The molecule has 4 N–H and O–H groups in total. The summed E-state index contributed by atoms with van der Waals surface area (Å²) in [5.74, 6) is 0. The van der Waals surface area contributed by atoms with Gasteiger partial charge in [-0.2, -0.15) is 0 Å². The fourth-order valence-corrected chi connectivity index (χ4v) is 2.40. The van der Waals surface area contributed by atoms with E-state index in [9.17, 15) is 0 Å². The molecule has 4 nitrogen and oxygen atoms in total. The molecule has 4 atom stereocenters. The quantitative estimate of drug-likeness (QED) is 0.451. The van der Waals surface area contributed by atoms with Crippen LogP contribution in [0.2, 0.25) is 0 Å². The van der Waals surface area contributed by atoms with Gasteiger partial charge in [-0.3, -0.25) is 10.6 Å². The van der Waals surface area contributed by atoms with Crippen LogP contribution in [0.15, 0.2) is 11.6 Å². The summed E-state index contributed by atoms with van der Waals surface area (Å²) >= 11 is 0. The van der Waals surface area contributed by atoms with Crippen molar-refractivity contribution < 1.29 is 0 Å². The fourth-order valence-electron chi connectivity index (χ4n) is 2.40. The molecule has 3 unspecified atom stereocenters. The van der Waals surface area contributed by atoms with Crippen LogP contribution in [-0.4, -0.2) is 38.0 Å². The molecular weight excluding hydrogens is 188 g/mol. The summed E-state index contributed by atoms with van der Waals surface area (Å²) in [5.41, 5.74) is 1.38. The van der Waals surface area contributed by atoms with Gasteiger partial charge in [0, 0.05) is 18.6 Å². The maximum absolute atomic E-state index is 3.63. The predicted octanol–water partition coefficient (Wildman–Crippen LogP) is -0.252. The minimum absolute atomic E-state index is 0.294. The molecule has 0 saturated carbocycles. The van der Waals surface area contributed by atoms with E-state index in [-0.39, 0.29) is 0 Å². The van der Waals surface area contributed by atoms with Crippen LogP contribution in [-0.2, 0) is 0 Å². The Bertz CT molecular complexity index is 251. The first kappa shape index (κ1) is 11.1. The molecule has 0 aromatic carbocycles. The van der Waals surface area contributed by atoms with Gasteiger partial charge >= 0.3 is 0 Å². The highest BCUT2D eigenvalue weighted by Gasteiger charge is 2.30. The van der Waals surface area contributed by atoms with Crippen molar-refractivity contribution in [3.05, 3.63) is 11.6 Å². The maximum Gasteiger partial charge on any atom is 0.0801 e. The molecule has 0 amide bonds. The van der Waals surface area contributed by atoms with Crippen LogP contribution < -0.4 is 21.3 Å². The molecule has 4 heteroatoms. The summed E-state index contributed by atoms with van der Waals surface area (Å²) in [7, 11) is 1.99. The zero-order valence-electron chi connectivity index (χ0n) is 9.80. The topological polar surface area (TPSA) is 48.1 Å². The first-order valence-corrected chi connectivity index (χ1v) is 5.80. The Morgan fingerprint density at radius 1 is 1.40 bits per heavy atom. The Morgan fingerprint density at radius 3 is 2.93 bits per heavy atom. The Kier molecular flexibility index (Phi) is 3.41. The van der Waals surface area contributed by atoms with Crippen molar-refractivity contribution in [2.75, 3.05) is 13.6 Å². The summed E-state index contributed by atoms with van der Waals surface area (Å²) < 4.78 is 0. The highest BCUT2D eigenvalue weighted by Crippen LogP contribution is 2.13. The SMILES string of the molecule is CN[C@@H]1NC2NCC(C)NC2CC=C1C. The predicted molar refractivity (Wildman–Crippen MR) is 62.5 cm³/mol. The van der Waals surface area contributed by atoms with Crippen LogP contribution in [0.5, 0.6) is 0 Å². The van der Waals surface area contributed by atoms with Crippen LogP contribution in [0.3, 0.4) is 0 Å². The molecule has 0 bridgehead atoms. The van der Waals surface area contributed by atoms with E-state index in [1.807, 2.05) is 7.05 Å². The van der Waals surface area contributed by atoms with E-state index in [1.165, 1.54) is 5.57 Å². The molecule has 2 aliphatic rings. The van der Waals surface area contributed by atoms with E-state index in [4.69, 9.17) is 0 Å². The molecule has 0 aromatic rings. The number of piperazine rings is 1. The van der Waals surface area contributed by atoms with Crippen molar-refractivity contribution in [1.82, 2.24) is 21.3 Å². The minimum Gasteiger partial charge on any atom is -0.307 e. The molecule has 2 heterocycles. The molecule has 1 saturated heterocycles. The monoisotopic (exact) mass is 210 g/mol. The molecule has 2 aliphatic heterocycles. The number of rotatable bonds is 1. The van der Waals surface area contributed by atoms with Crippen molar-refractivity contribution in [2.45, 2.75) is 44.7 Å². The Labute approximate surface area is 91.9 Å². The number of hydrogen-bond donors (Lipinski definition) is 4. The molecule has 15 heavy (non-hydrogen) atoms. The van der Waals surface area contributed by atoms with E-state index in [0.717, 1.165) is 13.0 Å². The first-order chi connectivity index (χ1) is 7.20. The molecule has 2 rings (SSSR count). The molecule has 0 spiro atoms. The molecular formula is C11H22N4. The molecule has 86 valence electrons. The van der Waals surface area contributed by atoms with Gasteiger partial charge in [-0.1, -0.05) is 6.08 Å². The van der Waals surface area contributed by atoms with Crippen molar-refractivity contribution >= 4 is 0 Å². The van der Waals surface area contributed by atoms with Crippen molar-refractivity contribution in [3.63, 3.8) is 0 Å². The lowest BCUT2D eigenvalue weighted by molar-refractivity contribution is 0.232. The third-order valence-corrected chi connectivity index (χ3v) is 3.33. The Balaban J connectivity index is 2.06. The molecule has 1 fully saturated rings. The standard InChI is InChI=1S/C11H22N4/c1-7-4-5-9-11(15-10(7)12-3)13-6-8(2)14-9/h4,8-15H,5-6H2,1-3H3/t8?,9?,10-,11?/m1/s1. The second-order valence-electron chi connectivity index (χ2n) is 4.63. The van der Waals surface area contributed by atoms with E-state index in [2.05, 4.69) is 41.2 Å². The fraction of sp³-hybridized carbons (Fsp3) is 0.818. The average molecular weight is 210 g/mol. The van der Waals surface area contributed by atoms with Gasteiger partial charge in [-0.05, 0) is 32.9 Å². The van der Waals surface area contributed by atoms with Crippen molar-refractivity contribution in [1.29, 1.82) is 0 Å². The third kappa shape index (κ3) is 2.39. The van der Waals surface area contributed by atoms with Crippen molar-refractivity contribution in [3.8, 4) is 0 Å². The number of nitrogens with one attached hydrogen (secondary N) is 4. The highest BCUT2D eigenvalue weighted by molar-refractivity contribution is 5.12. The summed E-state index contributed by atoms with van der Waals surface area (Å²) in [5, 5.41) is 14.1. The molecule has 0 aromatic heterocycles. The lowest BCUT2D eigenvalue weighted by atomic mass is 10.1. The summed E-state index contributed by atoms with van der Waals surface area (Å²) in [6.45, 7) is 5.43. The number of fused-ring (bicyclic) bond motifs is 1. The highest BCUT2D eigenvalue weighted by atomic mass is 15.3. The van der Waals surface area contributed by atoms with Crippen LogP contribution in [0.4, 0.5) is 0 Å². The largest absolute Gasteiger partial charge is 0.307 e. The van der Waals surface area contributed by atoms with E-state index in [1.54, 1.807) is 0 Å². The smallest absolute Gasteiger partial charge is 0.0801 e. The van der Waals surface area contributed by atoms with Crippen LogP contribution in [0.1, 0.15) is 20.3 Å². The second kappa shape index (κ2) is 4.61. The van der Waals surface area contributed by atoms with Crippen LogP contribution >= 0.6 is 0 Å². The van der Waals surface area contributed by atoms with Gasteiger partial charge in [0.2, 0.25) is 0 Å². The van der Waals surface area contributed by atoms with Gasteiger partial charge < -0.3 is 10.6 Å². The van der Waals surface area contributed by atoms with E-state index >= 15 is 0 Å². The lowest BCUT2D eigenvalue weighted by Gasteiger charge is -2.37. The number of hydrogen-bond acceptors (Lipinski definition) is 4. The van der Waals surface area contributed by atoms with E-state index in [0.29, 0.717) is 24.4 Å². The second-order valence-corrected chi connectivity index (χ2v) is 4.63. The summed E-state index contributed by atoms with van der Waals surface area (Å²) in [4.78, 5) is 0. The van der Waals surface area contributed by atoms with Gasteiger partial charge in [0.25, 0.3) is 0 Å². The Hall–Kier alpha value is -0.420. The molecule has 0 aliphatic carbocycles. The van der Waals surface area contributed by atoms with Gasteiger partial charge in [-0.25, -0.2) is 0 Å². The third-order valence-electron chi connectivity index (χ3n) is 3.33. The number of likely N-dealkylation sites (N-methyl/N-ethyl adjacent to an activating group) is 1. The molecule has 0 radical (unpaired) electrons. The van der Waals surface area contributed by atoms with Crippen LogP contribution in [0, 0.1) is 0 Å². The van der Waals surface area contributed by atoms with Crippen molar-refractivity contribution in [2.24, 2.45) is 0 Å². The van der Waals surface area contributed by atoms with E-state index < -0.39 is 0 Å². The maximum atomic E-state index is 3.63. The van der Waals surface area contributed by atoms with Gasteiger partial charge in [0.1, 0.15) is 0 Å². The van der Waals surface area contributed by atoms with Gasteiger partial charge in [-0.15, -0.1) is 0 Å². The summed E-state index contributed by atoms with van der Waals surface area (Å²) in [6, 6.07) is 1.06.